The van der Waals surface area contributed by atoms with E-state index in [2.05, 4.69) is 0 Å². The fraction of sp³-hybridized carbons (Fsp3) is 0.273. The van der Waals surface area contributed by atoms with E-state index in [-0.39, 0.29) is 23.6 Å². The molecule has 0 aliphatic rings. The number of carbonyl (C=O) groups is 2. The quantitative estimate of drug-likeness (QED) is 0.568. The lowest BCUT2D eigenvalue weighted by Gasteiger charge is -2.19. The smallest absolute Gasteiger partial charge is 0.317 e. The second-order valence-electron chi connectivity index (χ2n) is 3.71. The summed E-state index contributed by atoms with van der Waals surface area (Å²) in [7, 11) is 0. The van der Waals surface area contributed by atoms with Crippen molar-refractivity contribution in [1.29, 1.82) is 0 Å². The van der Waals surface area contributed by atoms with Crippen molar-refractivity contribution in [2.75, 3.05) is 13.1 Å². The van der Waals surface area contributed by atoms with E-state index >= 15 is 0 Å². The highest BCUT2D eigenvalue weighted by Gasteiger charge is 2.17. The second-order valence-corrected chi connectivity index (χ2v) is 3.71. The maximum atomic E-state index is 10.6. The Morgan fingerprint density at radius 3 is 1.83 bits per heavy atom. The lowest BCUT2D eigenvalue weighted by atomic mass is 10.1. The van der Waals surface area contributed by atoms with E-state index in [1.54, 1.807) is 0 Å². The summed E-state index contributed by atoms with van der Waals surface area (Å²) < 4.78 is 0. The molecule has 0 aromatic heterocycles. The molecule has 0 saturated heterocycles. The number of carboxylic acid groups (broad SMARTS) is 2. The van der Waals surface area contributed by atoms with Gasteiger partial charge < -0.3 is 20.4 Å². The van der Waals surface area contributed by atoms with Crippen LogP contribution in [0.5, 0.6) is 11.5 Å². The fourth-order valence-electron chi connectivity index (χ4n) is 1.50. The van der Waals surface area contributed by atoms with Gasteiger partial charge in [0.25, 0.3) is 0 Å². The van der Waals surface area contributed by atoms with Crippen molar-refractivity contribution in [3.8, 4) is 11.5 Å². The first kappa shape index (κ1) is 13.8. The van der Waals surface area contributed by atoms with E-state index < -0.39 is 25.0 Å². The monoisotopic (exact) mass is 255 g/mol. The summed E-state index contributed by atoms with van der Waals surface area (Å²) >= 11 is 0. The van der Waals surface area contributed by atoms with Crippen molar-refractivity contribution in [2.45, 2.75) is 6.54 Å². The van der Waals surface area contributed by atoms with Crippen LogP contribution in [0.2, 0.25) is 0 Å². The first-order valence-electron chi connectivity index (χ1n) is 5.06. The Morgan fingerprint density at radius 2 is 1.44 bits per heavy atom. The number of hydrogen-bond donors (Lipinski definition) is 4. The molecule has 0 aliphatic heterocycles. The minimum absolute atomic E-state index is 0.0972. The molecular weight excluding hydrogens is 242 g/mol. The standard InChI is InChI=1S/C11H13NO6/c13-8-2-1-3-9(14)7(8)4-12(5-10(15)16)6-11(17)18/h1-3,13-14H,4-6H2,(H,15,16)(H,17,18). The molecule has 7 heteroatoms. The summed E-state index contributed by atoms with van der Waals surface area (Å²) in [6, 6.07) is 4.08. The zero-order valence-corrected chi connectivity index (χ0v) is 9.41. The van der Waals surface area contributed by atoms with Gasteiger partial charge in [-0.05, 0) is 12.1 Å². The Morgan fingerprint density at radius 1 is 1.00 bits per heavy atom. The van der Waals surface area contributed by atoms with Crippen molar-refractivity contribution >= 4 is 11.9 Å². The third-order valence-corrected chi connectivity index (χ3v) is 2.23. The van der Waals surface area contributed by atoms with Gasteiger partial charge in [0.2, 0.25) is 0 Å². The Labute approximate surface area is 103 Å². The van der Waals surface area contributed by atoms with Crippen molar-refractivity contribution in [3.63, 3.8) is 0 Å². The summed E-state index contributed by atoms with van der Waals surface area (Å²) in [5.41, 5.74) is 0.0972. The Balaban J connectivity index is 2.88. The molecule has 4 N–H and O–H groups in total. The molecule has 0 saturated carbocycles. The molecule has 0 atom stereocenters. The van der Waals surface area contributed by atoms with Crippen LogP contribution in [0.25, 0.3) is 0 Å². The highest BCUT2D eigenvalue weighted by Crippen LogP contribution is 2.27. The van der Waals surface area contributed by atoms with Crippen LogP contribution in [0.3, 0.4) is 0 Å². The summed E-state index contributed by atoms with van der Waals surface area (Å²) in [6.45, 7) is -1.17. The van der Waals surface area contributed by atoms with Gasteiger partial charge in [-0.25, -0.2) is 0 Å². The Kier molecular flexibility index (Phi) is 4.50. The van der Waals surface area contributed by atoms with Gasteiger partial charge in [0.15, 0.2) is 0 Å². The van der Waals surface area contributed by atoms with Crippen molar-refractivity contribution in [3.05, 3.63) is 23.8 Å². The zero-order chi connectivity index (χ0) is 13.7. The van der Waals surface area contributed by atoms with Gasteiger partial charge in [0, 0.05) is 12.1 Å². The van der Waals surface area contributed by atoms with Crippen molar-refractivity contribution in [1.82, 2.24) is 4.90 Å². The number of aliphatic carboxylic acids is 2. The van der Waals surface area contributed by atoms with E-state index in [1.807, 2.05) is 0 Å². The summed E-state index contributed by atoms with van der Waals surface area (Å²) in [6.07, 6.45) is 0. The van der Waals surface area contributed by atoms with Gasteiger partial charge in [-0.1, -0.05) is 6.07 Å². The average molecular weight is 255 g/mol. The predicted octanol–water partition coefficient (Wildman–Crippen LogP) is 0.0690. The van der Waals surface area contributed by atoms with E-state index in [0.29, 0.717) is 0 Å². The zero-order valence-electron chi connectivity index (χ0n) is 9.41. The molecule has 98 valence electrons. The number of carboxylic acids is 2. The number of benzene rings is 1. The fourth-order valence-corrected chi connectivity index (χ4v) is 1.50. The largest absolute Gasteiger partial charge is 0.507 e. The highest BCUT2D eigenvalue weighted by atomic mass is 16.4. The maximum Gasteiger partial charge on any atom is 0.317 e. The van der Waals surface area contributed by atoms with Gasteiger partial charge >= 0.3 is 11.9 Å². The summed E-state index contributed by atoms with van der Waals surface area (Å²) in [5, 5.41) is 36.4. The van der Waals surface area contributed by atoms with Gasteiger partial charge in [0.1, 0.15) is 11.5 Å². The first-order valence-corrected chi connectivity index (χ1v) is 5.06. The molecule has 0 unspecified atom stereocenters. The minimum Gasteiger partial charge on any atom is -0.507 e. The van der Waals surface area contributed by atoms with Gasteiger partial charge in [-0.2, -0.15) is 0 Å². The van der Waals surface area contributed by atoms with Crippen LogP contribution in [0.15, 0.2) is 18.2 Å². The third kappa shape index (κ3) is 3.95. The van der Waals surface area contributed by atoms with E-state index in [4.69, 9.17) is 10.2 Å². The average Bonchev–Trinajstić information content (AvgIpc) is 2.21. The van der Waals surface area contributed by atoms with E-state index in [0.717, 1.165) is 4.90 Å². The molecule has 1 rings (SSSR count). The molecular formula is C11H13NO6. The van der Waals surface area contributed by atoms with Crippen molar-refractivity contribution in [2.24, 2.45) is 0 Å². The lowest BCUT2D eigenvalue weighted by Crippen LogP contribution is -2.34. The van der Waals surface area contributed by atoms with Crippen LogP contribution in [0.1, 0.15) is 5.56 Å². The number of hydrogen-bond acceptors (Lipinski definition) is 5. The molecule has 0 amide bonds. The third-order valence-electron chi connectivity index (χ3n) is 2.23. The normalized spacial score (nSPS) is 10.5. The molecule has 0 bridgehead atoms. The molecule has 0 spiro atoms. The number of rotatable bonds is 6. The molecule has 0 radical (unpaired) electrons. The molecule has 1 aromatic rings. The number of phenolic OH excluding ortho intramolecular Hbond substituents is 2. The Bertz CT molecular complexity index is 423. The van der Waals surface area contributed by atoms with E-state index in [1.165, 1.54) is 18.2 Å². The molecule has 7 nitrogen and oxygen atoms in total. The molecule has 0 heterocycles. The molecule has 0 aliphatic carbocycles. The van der Waals surface area contributed by atoms with Crippen LogP contribution < -0.4 is 0 Å². The van der Waals surface area contributed by atoms with Crippen LogP contribution >= 0.6 is 0 Å². The summed E-state index contributed by atoms with van der Waals surface area (Å²) in [5.74, 6) is -2.80. The van der Waals surface area contributed by atoms with Crippen LogP contribution in [0, 0.1) is 0 Å². The number of aromatic hydroxyl groups is 2. The lowest BCUT2D eigenvalue weighted by molar-refractivity contribution is -0.142. The minimum atomic E-state index is -1.19. The molecule has 0 fully saturated rings. The van der Waals surface area contributed by atoms with Crippen LogP contribution in [-0.4, -0.2) is 50.4 Å². The second kappa shape index (κ2) is 5.87. The van der Waals surface area contributed by atoms with Crippen molar-refractivity contribution < 1.29 is 30.0 Å². The van der Waals surface area contributed by atoms with Crippen LogP contribution in [-0.2, 0) is 16.1 Å². The predicted molar refractivity (Wildman–Crippen MR) is 60.3 cm³/mol. The number of phenols is 2. The Hall–Kier alpha value is -2.28. The number of nitrogens with zero attached hydrogens (tertiary/aromatic N) is 1. The highest BCUT2D eigenvalue weighted by molar-refractivity contribution is 5.72. The molecule has 1 aromatic carbocycles. The SMILES string of the molecule is O=C(O)CN(CC(=O)O)Cc1c(O)cccc1O. The summed E-state index contributed by atoms with van der Waals surface area (Å²) in [4.78, 5) is 22.3. The van der Waals surface area contributed by atoms with Gasteiger partial charge in [-0.15, -0.1) is 0 Å². The van der Waals surface area contributed by atoms with Gasteiger partial charge in [0.05, 0.1) is 13.1 Å². The van der Waals surface area contributed by atoms with Gasteiger partial charge in [-0.3, -0.25) is 14.5 Å². The molecule has 18 heavy (non-hydrogen) atoms. The first-order chi connectivity index (χ1) is 8.40. The van der Waals surface area contributed by atoms with Crippen LogP contribution in [0.4, 0.5) is 0 Å². The van der Waals surface area contributed by atoms with E-state index in [9.17, 15) is 19.8 Å². The maximum absolute atomic E-state index is 10.6. The topological polar surface area (TPSA) is 118 Å².